The monoisotopic (exact) mass is 648 g/mol. The van der Waals surface area contributed by atoms with Crippen LogP contribution in [-0.4, -0.2) is 76.9 Å². The van der Waals surface area contributed by atoms with E-state index in [9.17, 15) is 33.1 Å². The van der Waals surface area contributed by atoms with E-state index in [4.69, 9.17) is 0 Å². The van der Waals surface area contributed by atoms with Gasteiger partial charge in [0, 0.05) is 48.9 Å². The Morgan fingerprint density at radius 2 is 1.62 bits per heavy atom. The van der Waals surface area contributed by atoms with E-state index in [1.54, 1.807) is 36.1 Å². The second kappa shape index (κ2) is 16.3. The smallest absolute Gasteiger partial charge is 0.254 e. The molecular weight excluding hydrogens is 606 g/mol. The Morgan fingerprint density at radius 3 is 2.28 bits per heavy atom. The van der Waals surface area contributed by atoms with Crippen LogP contribution in [0.5, 0.6) is 0 Å². The molecule has 0 radical (unpaired) electrons. The van der Waals surface area contributed by atoms with Crippen molar-refractivity contribution in [3.8, 4) is 0 Å². The molecule has 11 heteroatoms. The van der Waals surface area contributed by atoms with E-state index in [-0.39, 0.29) is 48.9 Å². The third-order valence-corrected chi connectivity index (χ3v) is 8.01. The number of hydrogen-bond acceptors (Lipinski definition) is 5. The van der Waals surface area contributed by atoms with Gasteiger partial charge in [-0.2, -0.15) is 0 Å². The summed E-state index contributed by atoms with van der Waals surface area (Å²) in [4.78, 5) is 55.2. The summed E-state index contributed by atoms with van der Waals surface area (Å²) in [5, 5.41) is 16.7. The van der Waals surface area contributed by atoms with Gasteiger partial charge in [-0.3, -0.25) is 19.2 Å². The number of halogens is 2. The van der Waals surface area contributed by atoms with Gasteiger partial charge < -0.3 is 25.5 Å². The molecule has 0 aliphatic carbocycles. The molecule has 0 saturated carbocycles. The third-order valence-electron chi connectivity index (χ3n) is 8.01. The molecule has 0 spiro atoms. The first-order chi connectivity index (χ1) is 22.5. The number of rotatable bonds is 15. The summed E-state index contributed by atoms with van der Waals surface area (Å²) in [6.45, 7) is 7.10. The highest BCUT2D eigenvalue weighted by Gasteiger charge is 2.29. The summed E-state index contributed by atoms with van der Waals surface area (Å²) >= 11 is 0. The van der Waals surface area contributed by atoms with E-state index >= 15 is 0 Å². The van der Waals surface area contributed by atoms with Gasteiger partial charge in [0.05, 0.1) is 12.1 Å². The van der Waals surface area contributed by atoms with E-state index in [1.807, 2.05) is 26.0 Å². The SMILES string of the molecule is CCCN(CCC)C(=O)c1cc(C)cc(C(=O)N[C@@H](Cc2cc(F)cc(F)c2)[C@H](O)CCNC(=O)CN2Cc3ccccc3C2=O)c1. The van der Waals surface area contributed by atoms with Crippen LogP contribution in [0.15, 0.2) is 60.7 Å². The van der Waals surface area contributed by atoms with Crippen LogP contribution in [-0.2, 0) is 17.8 Å². The lowest BCUT2D eigenvalue weighted by Crippen LogP contribution is -2.46. The molecule has 3 aromatic rings. The van der Waals surface area contributed by atoms with E-state index in [0.29, 0.717) is 36.3 Å². The number of hydrogen-bond donors (Lipinski definition) is 3. The third kappa shape index (κ3) is 9.45. The minimum absolute atomic E-state index is 0.00318. The molecule has 0 aromatic heterocycles. The van der Waals surface area contributed by atoms with Crippen molar-refractivity contribution in [3.05, 3.63) is 106 Å². The minimum atomic E-state index is -1.22. The fourth-order valence-corrected chi connectivity index (χ4v) is 5.82. The van der Waals surface area contributed by atoms with Crippen molar-refractivity contribution in [1.82, 2.24) is 20.4 Å². The predicted molar refractivity (Wildman–Crippen MR) is 174 cm³/mol. The fraction of sp³-hybridized carbons (Fsp3) is 0.389. The Labute approximate surface area is 273 Å². The molecule has 47 heavy (non-hydrogen) atoms. The number of nitrogens with zero attached hydrogens (tertiary/aromatic N) is 2. The minimum Gasteiger partial charge on any atom is -0.391 e. The summed E-state index contributed by atoms with van der Waals surface area (Å²) in [6, 6.07) is 14.0. The molecule has 250 valence electrons. The highest BCUT2D eigenvalue weighted by Crippen LogP contribution is 2.22. The second-order valence-corrected chi connectivity index (χ2v) is 12.0. The van der Waals surface area contributed by atoms with Gasteiger partial charge in [0.15, 0.2) is 0 Å². The average molecular weight is 649 g/mol. The Balaban J connectivity index is 1.44. The highest BCUT2D eigenvalue weighted by molar-refractivity contribution is 6.01. The van der Waals surface area contributed by atoms with Gasteiger partial charge in [-0.05, 0) is 85.7 Å². The first-order valence-corrected chi connectivity index (χ1v) is 16.0. The van der Waals surface area contributed by atoms with E-state index < -0.39 is 35.6 Å². The molecule has 3 aromatic carbocycles. The molecular formula is C36H42F2N4O5. The fourth-order valence-electron chi connectivity index (χ4n) is 5.82. The number of carbonyl (C=O) groups excluding carboxylic acids is 4. The lowest BCUT2D eigenvalue weighted by Gasteiger charge is -2.25. The summed E-state index contributed by atoms with van der Waals surface area (Å²) in [6.07, 6.45) is 0.253. The van der Waals surface area contributed by atoms with Crippen molar-refractivity contribution < 1.29 is 33.1 Å². The molecule has 1 aliphatic heterocycles. The maximum Gasteiger partial charge on any atom is 0.254 e. The van der Waals surface area contributed by atoms with Crippen molar-refractivity contribution in [1.29, 1.82) is 0 Å². The lowest BCUT2D eigenvalue weighted by atomic mass is 9.97. The van der Waals surface area contributed by atoms with Crippen molar-refractivity contribution in [2.75, 3.05) is 26.2 Å². The molecule has 0 bridgehead atoms. The molecule has 2 atom stereocenters. The van der Waals surface area contributed by atoms with Gasteiger partial charge >= 0.3 is 0 Å². The van der Waals surface area contributed by atoms with Crippen molar-refractivity contribution in [2.45, 2.75) is 65.1 Å². The molecule has 0 fully saturated rings. The number of aryl methyl sites for hydroxylation is 1. The predicted octanol–water partition coefficient (Wildman–Crippen LogP) is 4.40. The summed E-state index contributed by atoms with van der Waals surface area (Å²) in [5.74, 6) is -2.99. The topological polar surface area (TPSA) is 119 Å². The van der Waals surface area contributed by atoms with E-state index in [2.05, 4.69) is 10.6 Å². The molecule has 0 saturated heterocycles. The van der Waals surface area contributed by atoms with Crippen LogP contribution < -0.4 is 10.6 Å². The van der Waals surface area contributed by atoms with Crippen LogP contribution in [0.2, 0.25) is 0 Å². The quantitative estimate of drug-likeness (QED) is 0.226. The van der Waals surface area contributed by atoms with Crippen molar-refractivity contribution in [2.24, 2.45) is 0 Å². The van der Waals surface area contributed by atoms with E-state index in [1.165, 1.54) is 11.0 Å². The Kier molecular flexibility index (Phi) is 12.2. The van der Waals surface area contributed by atoms with Crippen LogP contribution >= 0.6 is 0 Å². The van der Waals surface area contributed by atoms with Gasteiger partial charge in [-0.1, -0.05) is 32.0 Å². The number of benzene rings is 3. The van der Waals surface area contributed by atoms with Gasteiger partial charge in [0.25, 0.3) is 17.7 Å². The average Bonchev–Trinajstić information content (AvgIpc) is 3.33. The van der Waals surface area contributed by atoms with Crippen molar-refractivity contribution >= 4 is 23.6 Å². The summed E-state index contributed by atoms with van der Waals surface area (Å²) in [7, 11) is 0. The number of nitrogens with one attached hydrogen (secondary N) is 2. The zero-order chi connectivity index (χ0) is 34.1. The van der Waals surface area contributed by atoms with Crippen LogP contribution in [0, 0.1) is 18.6 Å². The Morgan fingerprint density at radius 1 is 0.957 bits per heavy atom. The molecule has 4 rings (SSSR count). The lowest BCUT2D eigenvalue weighted by molar-refractivity contribution is -0.121. The van der Waals surface area contributed by atoms with Crippen LogP contribution in [0.4, 0.5) is 8.78 Å². The molecule has 9 nitrogen and oxygen atoms in total. The Hall–Kier alpha value is -4.64. The van der Waals surface area contributed by atoms with Gasteiger partial charge in [0.1, 0.15) is 18.2 Å². The van der Waals surface area contributed by atoms with Crippen LogP contribution in [0.1, 0.15) is 80.9 Å². The molecule has 3 N–H and O–H groups in total. The van der Waals surface area contributed by atoms with Crippen LogP contribution in [0.25, 0.3) is 0 Å². The Bertz CT molecular complexity index is 1590. The van der Waals surface area contributed by atoms with Crippen LogP contribution in [0.3, 0.4) is 0 Å². The first-order valence-electron chi connectivity index (χ1n) is 16.0. The molecule has 1 aliphatic rings. The molecule has 0 unspecified atom stereocenters. The highest BCUT2D eigenvalue weighted by atomic mass is 19.1. The van der Waals surface area contributed by atoms with Gasteiger partial charge in [-0.25, -0.2) is 8.78 Å². The number of amides is 4. The number of carbonyl (C=O) groups is 4. The van der Waals surface area contributed by atoms with Gasteiger partial charge in [0.2, 0.25) is 5.91 Å². The van der Waals surface area contributed by atoms with E-state index in [0.717, 1.165) is 36.6 Å². The first kappa shape index (κ1) is 35.2. The zero-order valence-electron chi connectivity index (χ0n) is 27.0. The summed E-state index contributed by atoms with van der Waals surface area (Å²) < 4.78 is 28.0. The number of aliphatic hydroxyl groups excluding tert-OH is 1. The number of fused-ring (bicyclic) bond motifs is 1. The van der Waals surface area contributed by atoms with Gasteiger partial charge in [-0.15, -0.1) is 0 Å². The maximum absolute atomic E-state index is 14.0. The second-order valence-electron chi connectivity index (χ2n) is 12.0. The number of aliphatic hydroxyl groups is 1. The molecule has 1 heterocycles. The zero-order valence-corrected chi connectivity index (χ0v) is 27.0. The standard InChI is InChI=1S/C36H42F2N4O5/c1-4-12-41(13-5-2)35(46)27-15-23(3)14-26(19-27)34(45)40-31(18-24-16-28(37)20-29(38)17-24)32(43)10-11-39-33(44)22-42-21-25-8-6-7-9-30(25)36(42)47/h6-9,14-17,19-20,31-32,43H,4-5,10-13,18,21-22H2,1-3H3,(H,39,44)(H,40,45)/t31-,32+/m0/s1. The largest absolute Gasteiger partial charge is 0.391 e. The van der Waals surface area contributed by atoms with Crippen molar-refractivity contribution in [3.63, 3.8) is 0 Å². The maximum atomic E-state index is 14.0. The summed E-state index contributed by atoms with van der Waals surface area (Å²) in [5.41, 5.74) is 2.89. The molecule has 4 amide bonds. The normalized spacial score (nSPS) is 13.6.